The highest BCUT2D eigenvalue weighted by atomic mass is 32.1. The number of pyridine rings is 1. The molecule has 0 bridgehead atoms. The largest absolute Gasteiger partial charge is 0.343 e. The molecule has 8 heteroatoms. The Labute approximate surface area is 235 Å². The number of anilines is 1. The van der Waals surface area contributed by atoms with Gasteiger partial charge in [-0.1, -0.05) is 38.5 Å². The molecule has 0 atom stereocenters. The van der Waals surface area contributed by atoms with E-state index in [1.165, 1.54) is 10.5 Å². The SMILES string of the molecule is CC(C)(C)CC(=O)N1CCC2(CC1)Cc1cc(C=CC(=O)N3CC=C(Cc4cccs4)CC3)cnc1NC2=O. The fourth-order valence-electron chi connectivity index (χ4n) is 5.69. The lowest BCUT2D eigenvalue weighted by Crippen LogP contribution is -2.51. The lowest BCUT2D eigenvalue weighted by Gasteiger charge is -2.43. The molecule has 0 radical (unpaired) electrons. The molecular formula is C31H38N4O3S. The molecule has 5 heterocycles. The topological polar surface area (TPSA) is 82.6 Å². The fraction of sp³-hybridized carbons (Fsp3) is 0.484. The lowest BCUT2D eigenvalue weighted by atomic mass is 9.71. The molecule has 0 unspecified atom stereocenters. The Kier molecular flexibility index (Phi) is 7.76. The van der Waals surface area contributed by atoms with Crippen molar-refractivity contribution in [3.8, 4) is 0 Å². The Morgan fingerprint density at radius 3 is 2.64 bits per heavy atom. The van der Waals surface area contributed by atoms with E-state index < -0.39 is 5.41 Å². The highest BCUT2D eigenvalue weighted by Gasteiger charge is 2.45. The summed E-state index contributed by atoms with van der Waals surface area (Å²) in [6, 6.07) is 6.26. The molecule has 0 aromatic carbocycles. The Hall–Kier alpha value is -3.26. The van der Waals surface area contributed by atoms with Crippen LogP contribution in [0.5, 0.6) is 0 Å². The van der Waals surface area contributed by atoms with E-state index in [9.17, 15) is 14.4 Å². The van der Waals surface area contributed by atoms with Gasteiger partial charge in [-0.3, -0.25) is 14.4 Å². The summed E-state index contributed by atoms with van der Waals surface area (Å²) < 4.78 is 0. The van der Waals surface area contributed by atoms with Gasteiger partial charge in [0.1, 0.15) is 5.82 Å². The standard InChI is InChI=1S/C31H38N4O3S/c1-30(2,3)20-27(37)35-14-10-31(11-15-35)19-24-17-23(21-32-28(24)33-29(31)38)6-7-26(36)34-12-8-22(9-13-34)18-25-5-4-16-39-25/h4-8,16-17,21H,9-15,18-20H2,1-3H3,(H,32,33,38). The smallest absolute Gasteiger partial charge is 0.246 e. The maximum absolute atomic E-state index is 13.1. The van der Waals surface area contributed by atoms with Crippen LogP contribution in [0.2, 0.25) is 0 Å². The van der Waals surface area contributed by atoms with Gasteiger partial charge in [0.2, 0.25) is 17.7 Å². The fourth-order valence-corrected chi connectivity index (χ4v) is 6.45. The number of thiophene rings is 1. The highest BCUT2D eigenvalue weighted by molar-refractivity contribution is 7.09. The minimum atomic E-state index is -0.522. The van der Waals surface area contributed by atoms with Gasteiger partial charge in [0.15, 0.2) is 0 Å². The zero-order chi connectivity index (χ0) is 27.6. The molecule has 0 saturated carbocycles. The zero-order valence-electron chi connectivity index (χ0n) is 23.2. The van der Waals surface area contributed by atoms with E-state index in [-0.39, 0.29) is 23.1 Å². The van der Waals surface area contributed by atoms with Crippen molar-refractivity contribution in [1.29, 1.82) is 0 Å². The van der Waals surface area contributed by atoms with Crippen molar-refractivity contribution in [1.82, 2.24) is 14.8 Å². The quantitative estimate of drug-likeness (QED) is 0.418. The first kappa shape index (κ1) is 27.3. The van der Waals surface area contributed by atoms with Gasteiger partial charge >= 0.3 is 0 Å². The van der Waals surface area contributed by atoms with E-state index in [1.54, 1.807) is 23.6 Å². The summed E-state index contributed by atoms with van der Waals surface area (Å²) in [7, 11) is 0. The normalized spacial score (nSPS) is 19.2. The second kappa shape index (κ2) is 11.1. The molecule has 2 aromatic heterocycles. The second-order valence-corrected chi connectivity index (χ2v) is 13.3. The molecule has 2 aromatic rings. The average molecular weight is 547 g/mol. The number of piperidine rings is 1. The zero-order valence-corrected chi connectivity index (χ0v) is 24.0. The van der Waals surface area contributed by atoms with Crippen LogP contribution in [-0.4, -0.2) is 58.7 Å². The number of carbonyl (C=O) groups is 3. The number of nitrogens with one attached hydrogen (secondary N) is 1. The van der Waals surface area contributed by atoms with Crippen LogP contribution in [0.15, 0.2) is 47.5 Å². The molecule has 1 N–H and O–H groups in total. The molecule has 3 amide bonds. The number of hydrogen-bond donors (Lipinski definition) is 1. The van der Waals surface area contributed by atoms with E-state index in [2.05, 4.69) is 54.7 Å². The molecule has 3 aliphatic heterocycles. The molecular weight excluding hydrogens is 508 g/mol. The van der Waals surface area contributed by atoms with Gasteiger partial charge in [-0.25, -0.2) is 4.98 Å². The van der Waals surface area contributed by atoms with Crippen molar-refractivity contribution in [2.75, 3.05) is 31.5 Å². The van der Waals surface area contributed by atoms with Crippen molar-refractivity contribution < 1.29 is 14.4 Å². The molecule has 5 rings (SSSR count). The van der Waals surface area contributed by atoms with Crippen molar-refractivity contribution >= 4 is 41.0 Å². The van der Waals surface area contributed by atoms with Crippen LogP contribution in [0.4, 0.5) is 5.82 Å². The molecule has 0 aliphatic carbocycles. The first-order valence-corrected chi connectivity index (χ1v) is 14.7. The van der Waals surface area contributed by atoms with E-state index in [4.69, 9.17) is 0 Å². The number of hydrogen-bond acceptors (Lipinski definition) is 5. The van der Waals surface area contributed by atoms with Crippen molar-refractivity contribution in [2.45, 2.75) is 59.3 Å². The number of fused-ring (bicyclic) bond motifs is 1. The van der Waals surface area contributed by atoms with E-state index in [1.807, 2.05) is 21.9 Å². The van der Waals surface area contributed by atoms with E-state index in [0.717, 1.165) is 30.5 Å². The van der Waals surface area contributed by atoms with E-state index in [0.29, 0.717) is 51.1 Å². The molecule has 7 nitrogen and oxygen atoms in total. The first-order chi connectivity index (χ1) is 18.6. The van der Waals surface area contributed by atoms with Gasteiger partial charge in [0, 0.05) is 56.2 Å². The van der Waals surface area contributed by atoms with Crippen LogP contribution >= 0.6 is 11.3 Å². The third-order valence-corrected chi connectivity index (χ3v) is 8.88. The predicted molar refractivity (Wildman–Crippen MR) is 155 cm³/mol. The Morgan fingerprint density at radius 1 is 1.18 bits per heavy atom. The van der Waals surface area contributed by atoms with Crippen molar-refractivity contribution in [3.05, 3.63) is 63.5 Å². The molecule has 39 heavy (non-hydrogen) atoms. The summed E-state index contributed by atoms with van der Waals surface area (Å²) in [4.78, 5) is 48.3. The van der Waals surface area contributed by atoms with Gasteiger partial charge < -0.3 is 15.1 Å². The highest BCUT2D eigenvalue weighted by Crippen LogP contribution is 2.41. The van der Waals surface area contributed by atoms with Crippen LogP contribution < -0.4 is 5.32 Å². The third-order valence-electron chi connectivity index (χ3n) is 8.00. The predicted octanol–water partition coefficient (Wildman–Crippen LogP) is 5.10. The van der Waals surface area contributed by atoms with Crippen LogP contribution in [0.3, 0.4) is 0 Å². The second-order valence-electron chi connectivity index (χ2n) is 12.3. The summed E-state index contributed by atoms with van der Waals surface area (Å²) in [5.74, 6) is 0.757. The number of aromatic nitrogens is 1. The maximum Gasteiger partial charge on any atom is 0.246 e. The molecule has 1 spiro atoms. The van der Waals surface area contributed by atoms with Crippen LogP contribution in [-0.2, 0) is 27.2 Å². The summed E-state index contributed by atoms with van der Waals surface area (Å²) in [5, 5.41) is 5.11. The van der Waals surface area contributed by atoms with Gasteiger partial charge in [0.25, 0.3) is 0 Å². The summed E-state index contributed by atoms with van der Waals surface area (Å²) in [5.41, 5.74) is 2.65. The van der Waals surface area contributed by atoms with E-state index >= 15 is 0 Å². The summed E-state index contributed by atoms with van der Waals surface area (Å²) in [6.07, 6.45) is 11.6. The molecule has 206 valence electrons. The Morgan fingerprint density at radius 2 is 1.97 bits per heavy atom. The van der Waals surface area contributed by atoms with Crippen LogP contribution in [0.1, 0.15) is 62.5 Å². The van der Waals surface area contributed by atoms with Gasteiger partial charge in [-0.05, 0) is 65.8 Å². The molecule has 1 saturated heterocycles. The van der Waals surface area contributed by atoms with Crippen molar-refractivity contribution in [2.24, 2.45) is 10.8 Å². The van der Waals surface area contributed by atoms with Gasteiger partial charge in [0.05, 0.1) is 5.41 Å². The summed E-state index contributed by atoms with van der Waals surface area (Å²) >= 11 is 1.77. The molecule has 3 aliphatic rings. The van der Waals surface area contributed by atoms with Crippen LogP contribution in [0, 0.1) is 10.8 Å². The van der Waals surface area contributed by atoms with Gasteiger partial charge in [-0.15, -0.1) is 11.3 Å². The number of nitrogens with zero attached hydrogens (tertiary/aromatic N) is 3. The Balaban J connectivity index is 1.19. The first-order valence-electron chi connectivity index (χ1n) is 13.9. The van der Waals surface area contributed by atoms with Crippen molar-refractivity contribution in [3.63, 3.8) is 0 Å². The minimum Gasteiger partial charge on any atom is -0.343 e. The molecule has 1 fully saturated rings. The van der Waals surface area contributed by atoms with Gasteiger partial charge in [-0.2, -0.15) is 0 Å². The van der Waals surface area contributed by atoms with Crippen LogP contribution in [0.25, 0.3) is 6.08 Å². The Bertz CT molecular complexity index is 1300. The number of carbonyl (C=O) groups excluding carboxylic acids is 3. The number of likely N-dealkylation sites (tertiary alicyclic amines) is 1. The number of amides is 3. The lowest BCUT2D eigenvalue weighted by molar-refractivity contribution is -0.139. The number of rotatable bonds is 5. The minimum absolute atomic E-state index is 0.000455. The average Bonchev–Trinajstić information content (AvgIpc) is 3.41. The third kappa shape index (κ3) is 6.49. The monoisotopic (exact) mass is 546 g/mol. The maximum atomic E-state index is 13.1. The summed E-state index contributed by atoms with van der Waals surface area (Å²) in [6.45, 7) is 8.77.